The van der Waals surface area contributed by atoms with E-state index in [-0.39, 0.29) is 24.0 Å². The van der Waals surface area contributed by atoms with Gasteiger partial charge in [-0.15, -0.1) is 0 Å². The Bertz CT molecular complexity index is 601. The number of ether oxygens (including phenoxy) is 1. The van der Waals surface area contributed by atoms with E-state index in [1.54, 1.807) is 0 Å². The van der Waals surface area contributed by atoms with E-state index in [2.05, 4.69) is 9.69 Å². The molecule has 0 aliphatic heterocycles. The molecule has 4 nitrogen and oxygen atoms in total. The molecule has 0 fully saturated rings. The molecule has 0 bridgehead atoms. The van der Waals surface area contributed by atoms with Crippen LogP contribution in [0.5, 0.6) is 5.75 Å². The zero-order chi connectivity index (χ0) is 14.7. The van der Waals surface area contributed by atoms with Crippen LogP contribution in [0.3, 0.4) is 0 Å². The molecule has 0 atom stereocenters. The summed E-state index contributed by atoms with van der Waals surface area (Å²) in [6, 6.07) is 3.32. The molecule has 20 heavy (non-hydrogen) atoms. The Labute approximate surface area is 119 Å². The van der Waals surface area contributed by atoms with Gasteiger partial charge in [-0.1, -0.05) is 0 Å². The minimum Gasteiger partial charge on any atom is -0.484 e. The predicted molar refractivity (Wildman–Crippen MR) is 76.0 cm³/mol. The summed E-state index contributed by atoms with van der Waals surface area (Å²) < 4.78 is 36.1. The molecule has 0 aliphatic rings. The first kappa shape index (κ1) is 14.5. The van der Waals surface area contributed by atoms with Gasteiger partial charge in [0, 0.05) is 12.1 Å². The van der Waals surface area contributed by atoms with Crippen molar-refractivity contribution in [2.75, 3.05) is 11.1 Å². The average molecular weight is 299 g/mol. The minimum atomic E-state index is -0.481. The monoisotopic (exact) mass is 299 g/mol. The lowest BCUT2D eigenvalue weighted by Gasteiger charge is -2.12. The molecule has 1 heterocycles. The molecule has 3 N–H and O–H groups in total. The van der Waals surface area contributed by atoms with Crippen molar-refractivity contribution in [3.8, 4) is 5.75 Å². The van der Waals surface area contributed by atoms with E-state index < -0.39 is 11.6 Å². The molecule has 2 rings (SSSR count). The van der Waals surface area contributed by atoms with Gasteiger partial charge < -0.3 is 15.8 Å². The molecular weight excluding hydrogens is 284 g/mol. The van der Waals surface area contributed by atoms with E-state index in [4.69, 9.17) is 10.5 Å². The number of rotatable bonds is 5. The van der Waals surface area contributed by atoms with Crippen LogP contribution in [-0.2, 0) is 6.54 Å². The van der Waals surface area contributed by atoms with Gasteiger partial charge in [0.05, 0.1) is 6.10 Å². The van der Waals surface area contributed by atoms with Gasteiger partial charge in [-0.2, -0.15) is 4.37 Å². The fourth-order valence-corrected chi connectivity index (χ4v) is 2.26. The molecule has 0 unspecified atom stereocenters. The van der Waals surface area contributed by atoms with Gasteiger partial charge in [-0.3, -0.25) is 0 Å². The first-order valence-electron chi connectivity index (χ1n) is 6.07. The van der Waals surface area contributed by atoms with E-state index in [1.165, 1.54) is 0 Å². The van der Waals surface area contributed by atoms with Crippen molar-refractivity contribution >= 4 is 22.4 Å². The van der Waals surface area contributed by atoms with Crippen molar-refractivity contribution in [3.05, 3.63) is 35.4 Å². The summed E-state index contributed by atoms with van der Waals surface area (Å²) in [7, 11) is 0. The zero-order valence-corrected chi connectivity index (χ0v) is 11.9. The number of nitrogen functional groups attached to an aromatic ring is 1. The largest absolute Gasteiger partial charge is 0.484 e. The van der Waals surface area contributed by atoms with Crippen LogP contribution in [0, 0.1) is 11.6 Å². The SMILES string of the molecule is CC(C)Oc1c(N)nsc1NCc1cc(F)ccc1F. The predicted octanol–water partition coefficient (Wildman–Crippen LogP) is 3.40. The van der Waals surface area contributed by atoms with Gasteiger partial charge >= 0.3 is 0 Å². The molecule has 0 radical (unpaired) electrons. The van der Waals surface area contributed by atoms with Crippen LogP contribution in [0.1, 0.15) is 19.4 Å². The molecule has 0 amide bonds. The molecule has 0 saturated heterocycles. The Morgan fingerprint density at radius 1 is 1.40 bits per heavy atom. The first-order valence-corrected chi connectivity index (χ1v) is 6.84. The maximum atomic E-state index is 13.5. The molecule has 108 valence electrons. The standard InChI is InChI=1S/C13H15F2N3OS/c1-7(2)19-11-12(16)18-20-13(11)17-6-8-5-9(14)3-4-10(8)15/h3-5,7,17H,6H2,1-2H3,(H2,16,18). The van der Waals surface area contributed by atoms with Crippen molar-refractivity contribution in [2.45, 2.75) is 26.5 Å². The van der Waals surface area contributed by atoms with Crippen LogP contribution in [0.4, 0.5) is 19.6 Å². The van der Waals surface area contributed by atoms with Gasteiger partial charge in [-0.05, 0) is 43.6 Å². The number of hydrogen-bond donors (Lipinski definition) is 2. The van der Waals surface area contributed by atoms with Gasteiger partial charge in [0.25, 0.3) is 0 Å². The quantitative estimate of drug-likeness (QED) is 0.888. The van der Waals surface area contributed by atoms with Crippen LogP contribution >= 0.6 is 11.5 Å². The van der Waals surface area contributed by atoms with Crippen LogP contribution in [0.2, 0.25) is 0 Å². The Kier molecular flexibility index (Phi) is 4.39. The molecule has 1 aromatic carbocycles. The highest BCUT2D eigenvalue weighted by Gasteiger charge is 2.15. The molecule has 0 saturated carbocycles. The van der Waals surface area contributed by atoms with E-state index in [1.807, 2.05) is 13.8 Å². The summed E-state index contributed by atoms with van der Waals surface area (Å²) in [5.74, 6) is -0.221. The number of benzene rings is 1. The smallest absolute Gasteiger partial charge is 0.197 e. The third-order valence-corrected chi connectivity index (χ3v) is 3.28. The lowest BCUT2D eigenvalue weighted by Crippen LogP contribution is -2.09. The van der Waals surface area contributed by atoms with Gasteiger partial charge in [0.15, 0.2) is 16.6 Å². The number of nitrogens with zero attached hydrogens (tertiary/aromatic N) is 1. The van der Waals surface area contributed by atoms with E-state index >= 15 is 0 Å². The van der Waals surface area contributed by atoms with Crippen molar-refractivity contribution < 1.29 is 13.5 Å². The lowest BCUT2D eigenvalue weighted by atomic mass is 10.2. The Hall–Kier alpha value is -1.89. The number of nitrogens with two attached hydrogens (primary N) is 1. The van der Waals surface area contributed by atoms with Crippen LogP contribution < -0.4 is 15.8 Å². The summed E-state index contributed by atoms with van der Waals surface area (Å²) in [6.07, 6.45) is -0.0554. The summed E-state index contributed by atoms with van der Waals surface area (Å²) in [5.41, 5.74) is 5.94. The van der Waals surface area contributed by atoms with E-state index in [0.717, 1.165) is 29.7 Å². The molecular formula is C13H15F2N3OS. The van der Waals surface area contributed by atoms with E-state index in [9.17, 15) is 8.78 Å². The molecule has 0 aliphatic carbocycles. The average Bonchev–Trinajstić information content (AvgIpc) is 2.72. The summed E-state index contributed by atoms with van der Waals surface area (Å²) in [5, 5.41) is 3.57. The van der Waals surface area contributed by atoms with Gasteiger partial charge in [0.2, 0.25) is 0 Å². The fourth-order valence-electron chi connectivity index (χ4n) is 1.61. The van der Waals surface area contributed by atoms with Crippen molar-refractivity contribution in [2.24, 2.45) is 0 Å². The first-order chi connectivity index (χ1) is 9.47. The lowest BCUT2D eigenvalue weighted by molar-refractivity contribution is 0.245. The molecule has 0 spiro atoms. The minimum absolute atomic E-state index is 0.0554. The van der Waals surface area contributed by atoms with Gasteiger partial charge in [-0.25, -0.2) is 8.78 Å². The Morgan fingerprint density at radius 2 is 2.15 bits per heavy atom. The highest BCUT2D eigenvalue weighted by atomic mass is 32.1. The van der Waals surface area contributed by atoms with Crippen molar-refractivity contribution in [1.29, 1.82) is 0 Å². The third-order valence-electron chi connectivity index (χ3n) is 2.47. The zero-order valence-electron chi connectivity index (χ0n) is 11.1. The van der Waals surface area contributed by atoms with Crippen LogP contribution in [0.15, 0.2) is 18.2 Å². The van der Waals surface area contributed by atoms with Crippen LogP contribution in [0.25, 0.3) is 0 Å². The summed E-state index contributed by atoms with van der Waals surface area (Å²) >= 11 is 1.12. The highest BCUT2D eigenvalue weighted by Crippen LogP contribution is 2.36. The number of nitrogens with one attached hydrogen (secondary N) is 1. The molecule has 2 aromatic rings. The fraction of sp³-hybridized carbons (Fsp3) is 0.308. The van der Waals surface area contributed by atoms with Crippen molar-refractivity contribution in [1.82, 2.24) is 4.37 Å². The number of hydrogen-bond acceptors (Lipinski definition) is 5. The number of aromatic nitrogens is 1. The summed E-state index contributed by atoms with van der Waals surface area (Å²) in [4.78, 5) is 0. The van der Waals surface area contributed by atoms with Gasteiger partial charge in [0.1, 0.15) is 11.6 Å². The third kappa shape index (κ3) is 3.36. The maximum absolute atomic E-state index is 13.5. The van der Waals surface area contributed by atoms with E-state index in [0.29, 0.717) is 10.8 Å². The van der Waals surface area contributed by atoms with Crippen LogP contribution in [-0.4, -0.2) is 10.5 Å². The number of halogens is 2. The Balaban J connectivity index is 2.13. The topological polar surface area (TPSA) is 60.2 Å². The van der Waals surface area contributed by atoms with Crippen molar-refractivity contribution in [3.63, 3.8) is 0 Å². The highest BCUT2D eigenvalue weighted by molar-refractivity contribution is 7.11. The summed E-state index contributed by atoms with van der Waals surface area (Å²) in [6.45, 7) is 3.86. The molecule has 1 aromatic heterocycles. The maximum Gasteiger partial charge on any atom is 0.197 e. The second-order valence-corrected chi connectivity index (χ2v) is 5.26. The second-order valence-electron chi connectivity index (χ2n) is 4.48. The Morgan fingerprint density at radius 3 is 2.85 bits per heavy atom. The molecule has 7 heteroatoms. The number of anilines is 2. The normalized spacial score (nSPS) is 10.8. The second kappa shape index (κ2) is 6.04.